The average molecular weight is 222 g/mol. The van der Waals surface area contributed by atoms with Crippen LogP contribution in [0, 0.1) is 5.26 Å². The highest BCUT2D eigenvalue weighted by Crippen LogP contribution is 2.30. The lowest BCUT2D eigenvalue weighted by molar-refractivity contribution is 0.620. The van der Waals surface area contributed by atoms with E-state index in [1.54, 1.807) is 12.1 Å². The molecule has 1 heterocycles. The maximum atomic E-state index is 12.6. The first-order valence-electron chi connectivity index (χ1n) is 3.08. The summed E-state index contributed by atoms with van der Waals surface area (Å²) in [5.41, 5.74) is 0.548. The van der Waals surface area contributed by atoms with Gasteiger partial charge in [0.15, 0.2) is 0 Å². The summed E-state index contributed by atoms with van der Waals surface area (Å²) in [7, 11) is 0. The van der Waals surface area contributed by atoms with Crippen molar-refractivity contribution in [2.45, 2.75) is 0 Å². The first-order chi connectivity index (χ1) is 5.66. The van der Waals surface area contributed by atoms with Crippen molar-refractivity contribution in [3.8, 4) is 0 Å². The number of benzene rings is 1. The third-order valence-electron chi connectivity index (χ3n) is 1.40. The Hall–Kier alpha value is -0.380. The van der Waals surface area contributed by atoms with Gasteiger partial charge in [-0.25, -0.2) is 4.98 Å². The van der Waals surface area contributed by atoms with Crippen LogP contribution in [0.3, 0.4) is 0 Å². The molecular formula is C7H2Cl2FNS. The number of rotatable bonds is 0. The summed E-state index contributed by atoms with van der Waals surface area (Å²) < 4.78 is 13.3. The van der Waals surface area contributed by atoms with Crippen molar-refractivity contribution in [2.75, 3.05) is 0 Å². The second-order valence-electron chi connectivity index (χ2n) is 2.20. The zero-order chi connectivity index (χ0) is 8.72. The number of aromatic nitrogens is 1. The smallest absolute Gasteiger partial charge is 0.209 e. The highest BCUT2D eigenvalue weighted by Gasteiger charge is 2.06. The number of fused-ring (bicyclic) bond motifs is 1. The summed E-state index contributed by atoms with van der Waals surface area (Å²) in [4.78, 5) is 3.62. The zero-order valence-corrected chi connectivity index (χ0v) is 7.97. The lowest BCUT2D eigenvalue weighted by Crippen LogP contribution is -1.71. The van der Waals surface area contributed by atoms with Gasteiger partial charge in [-0.15, -0.1) is 0 Å². The van der Waals surface area contributed by atoms with Gasteiger partial charge < -0.3 is 0 Å². The fraction of sp³-hybridized carbons (Fsp3) is 0. The maximum absolute atomic E-state index is 12.6. The molecule has 0 fully saturated rings. The minimum atomic E-state index is -0.469. The molecule has 0 aliphatic heterocycles. The summed E-state index contributed by atoms with van der Waals surface area (Å²) >= 11 is 12.4. The molecule has 1 aromatic carbocycles. The van der Waals surface area contributed by atoms with Gasteiger partial charge in [0.25, 0.3) is 5.26 Å². The van der Waals surface area contributed by atoms with Crippen molar-refractivity contribution in [3.63, 3.8) is 0 Å². The minimum absolute atomic E-state index is 0.398. The van der Waals surface area contributed by atoms with Gasteiger partial charge in [0, 0.05) is 0 Å². The van der Waals surface area contributed by atoms with Crippen LogP contribution >= 0.6 is 34.5 Å². The number of hydrogen-bond donors (Lipinski definition) is 0. The second-order valence-corrected chi connectivity index (χ2v) is 4.00. The van der Waals surface area contributed by atoms with E-state index in [9.17, 15) is 4.39 Å². The normalized spacial score (nSPS) is 10.9. The average Bonchev–Trinajstić information content (AvgIpc) is 2.30. The van der Waals surface area contributed by atoms with E-state index in [-0.39, 0.29) is 0 Å². The van der Waals surface area contributed by atoms with Crippen molar-refractivity contribution < 1.29 is 4.39 Å². The van der Waals surface area contributed by atoms with Crippen molar-refractivity contribution in [3.05, 3.63) is 27.4 Å². The number of hydrogen-bond acceptors (Lipinski definition) is 2. The van der Waals surface area contributed by atoms with Crippen molar-refractivity contribution in [2.24, 2.45) is 0 Å². The van der Waals surface area contributed by atoms with Gasteiger partial charge in [-0.1, -0.05) is 34.5 Å². The fourth-order valence-corrected chi connectivity index (χ4v) is 1.99. The van der Waals surface area contributed by atoms with E-state index in [1.165, 1.54) is 0 Å². The van der Waals surface area contributed by atoms with E-state index in [0.717, 1.165) is 11.3 Å². The Bertz CT molecular complexity index is 401. The van der Waals surface area contributed by atoms with Crippen LogP contribution in [0.15, 0.2) is 12.1 Å². The molecule has 0 N–H and O–H groups in total. The van der Waals surface area contributed by atoms with E-state index >= 15 is 0 Å². The molecule has 2 rings (SSSR count). The Balaban J connectivity index is 2.83. The van der Waals surface area contributed by atoms with Gasteiger partial charge in [-0.2, -0.15) is 4.39 Å². The SMILES string of the molecule is Fc1nc2cc(Cl)c(Cl)cc2s1. The highest BCUT2D eigenvalue weighted by molar-refractivity contribution is 7.17. The zero-order valence-electron chi connectivity index (χ0n) is 5.64. The first-order valence-corrected chi connectivity index (χ1v) is 4.65. The molecule has 0 saturated heterocycles. The van der Waals surface area contributed by atoms with Crippen LogP contribution in [0.1, 0.15) is 0 Å². The third kappa shape index (κ3) is 1.28. The monoisotopic (exact) mass is 221 g/mol. The third-order valence-corrected chi connectivity index (χ3v) is 2.93. The molecule has 0 radical (unpaired) electrons. The van der Waals surface area contributed by atoms with Gasteiger partial charge in [0.05, 0.1) is 20.3 Å². The van der Waals surface area contributed by atoms with Gasteiger partial charge in [0.1, 0.15) is 0 Å². The van der Waals surface area contributed by atoms with E-state index < -0.39 is 5.26 Å². The Morgan fingerprint density at radius 3 is 2.67 bits per heavy atom. The Morgan fingerprint density at radius 1 is 1.25 bits per heavy atom. The van der Waals surface area contributed by atoms with Crippen molar-refractivity contribution >= 4 is 44.8 Å². The summed E-state index contributed by atoms with van der Waals surface area (Å²) in [6.07, 6.45) is 0. The quantitative estimate of drug-likeness (QED) is 0.661. The molecule has 12 heavy (non-hydrogen) atoms. The van der Waals surface area contributed by atoms with E-state index in [4.69, 9.17) is 23.2 Å². The summed E-state index contributed by atoms with van der Waals surface area (Å²) in [5, 5.41) is 0.352. The van der Waals surface area contributed by atoms with Gasteiger partial charge in [-0.05, 0) is 12.1 Å². The van der Waals surface area contributed by atoms with Crippen LogP contribution in [-0.4, -0.2) is 4.98 Å². The van der Waals surface area contributed by atoms with Gasteiger partial charge in [-0.3, -0.25) is 0 Å². The molecule has 0 aliphatic carbocycles. The predicted molar refractivity (Wildman–Crippen MR) is 49.6 cm³/mol. The van der Waals surface area contributed by atoms with Crippen LogP contribution in [0.2, 0.25) is 10.0 Å². The molecule has 0 amide bonds. The number of halogens is 3. The van der Waals surface area contributed by atoms with E-state index in [0.29, 0.717) is 20.3 Å². The standard InChI is InChI=1S/C7H2Cl2FNS/c8-3-1-5-6(2-4(3)9)12-7(10)11-5/h1-2H. The summed E-state index contributed by atoms with van der Waals surface area (Å²) in [6, 6.07) is 3.17. The Morgan fingerprint density at radius 2 is 1.92 bits per heavy atom. The van der Waals surface area contributed by atoms with Crippen LogP contribution in [-0.2, 0) is 0 Å². The molecule has 62 valence electrons. The molecule has 5 heteroatoms. The lowest BCUT2D eigenvalue weighted by Gasteiger charge is -1.92. The first kappa shape index (κ1) is 8.23. The summed E-state index contributed by atoms with van der Waals surface area (Å²) in [5.74, 6) is 0. The van der Waals surface area contributed by atoms with Crippen LogP contribution in [0.4, 0.5) is 4.39 Å². The fourth-order valence-electron chi connectivity index (χ4n) is 0.895. The molecule has 0 aliphatic rings. The molecule has 0 unspecified atom stereocenters. The minimum Gasteiger partial charge on any atom is -0.209 e. The molecule has 0 bridgehead atoms. The summed E-state index contributed by atoms with van der Waals surface area (Å²) in [6.45, 7) is 0. The topological polar surface area (TPSA) is 12.9 Å². The molecule has 0 spiro atoms. The molecule has 1 nitrogen and oxygen atoms in total. The van der Waals surface area contributed by atoms with E-state index in [2.05, 4.69) is 4.98 Å². The Kier molecular flexibility index (Phi) is 1.94. The largest absolute Gasteiger partial charge is 0.270 e. The van der Waals surface area contributed by atoms with E-state index in [1.807, 2.05) is 0 Å². The Labute approximate surface area is 81.7 Å². The molecule has 2 aromatic rings. The predicted octanol–water partition coefficient (Wildman–Crippen LogP) is 3.74. The van der Waals surface area contributed by atoms with Crippen molar-refractivity contribution in [1.29, 1.82) is 0 Å². The van der Waals surface area contributed by atoms with Crippen LogP contribution in [0.5, 0.6) is 0 Å². The van der Waals surface area contributed by atoms with Crippen LogP contribution in [0.25, 0.3) is 10.2 Å². The van der Waals surface area contributed by atoms with Crippen molar-refractivity contribution in [1.82, 2.24) is 4.98 Å². The van der Waals surface area contributed by atoms with Gasteiger partial charge >= 0.3 is 0 Å². The maximum Gasteiger partial charge on any atom is 0.270 e. The molecular weight excluding hydrogens is 220 g/mol. The second kappa shape index (κ2) is 2.83. The lowest BCUT2D eigenvalue weighted by atomic mass is 10.3. The molecule has 0 atom stereocenters. The highest BCUT2D eigenvalue weighted by atomic mass is 35.5. The van der Waals surface area contributed by atoms with Crippen LogP contribution < -0.4 is 0 Å². The number of thiazole rings is 1. The molecule has 0 saturated carbocycles. The number of nitrogens with zero attached hydrogens (tertiary/aromatic N) is 1. The van der Waals surface area contributed by atoms with Gasteiger partial charge in [0.2, 0.25) is 0 Å². The molecule has 1 aromatic heterocycles.